The Labute approximate surface area is 169 Å². The van der Waals surface area contributed by atoms with Crippen LogP contribution in [0, 0.1) is 5.92 Å². The fourth-order valence-corrected chi connectivity index (χ4v) is 6.39. The van der Waals surface area contributed by atoms with Crippen LogP contribution in [-0.4, -0.2) is 26.8 Å². The van der Waals surface area contributed by atoms with Gasteiger partial charge in [-0.2, -0.15) is 0 Å². The van der Waals surface area contributed by atoms with E-state index in [4.69, 9.17) is 4.98 Å². The minimum atomic E-state index is -0.0147. The van der Waals surface area contributed by atoms with Gasteiger partial charge in [-0.15, -0.1) is 11.3 Å². The van der Waals surface area contributed by atoms with Crippen LogP contribution in [0.1, 0.15) is 80.5 Å². The van der Waals surface area contributed by atoms with Crippen molar-refractivity contribution in [1.29, 1.82) is 0 Å². The number of amides is 1. The summed E-state index contributed by atoms with van der Waals surface area (Å²) >= 11 is 1.69. The quantitative estimate of drug-likeness (QED) is 0.832. The van der Waals surface area contributed by atoms with E-state index in [9.17, 15) is 9.59 Å². The molecule has 5 nitrogen and oxygen atoms in total. The van der Waals surface area contributed by atoms with Crippen molar-refractivity contribution in [3.8, 4) is 0 Å². The van der Waals surface area contributed by atoms with Crippen LogP contribution in [0.25, 0.3) is 10.2 Å². The van der Waals surface area contributed by atoms with Gasteiger partial charge in [-0.3, -0.25) is 9.59 Å². The molecular weight excluding hydrogens is 370 g/mol. The normalized spacial score (nSPS) is 20.7. The van der Waals surface area contributed by atoms with Gasteiger partial charge in [0.25, 0.3) is 5.56 Å². The van der Waals surface area contributed by atoms with E-state index in [0.717, 1.165) is 61.6 Å². The SMILES string of the molecule is O=C(C1CCC1)N(Cc1nc2sc3c(c2c(=O)[nH]1)CCCC3)C1CCCCC1. The third-order valence-corrected chi connectivity index (χ3v) is 8.13. The number of thiophene rings is 1. The Morgan fingerprint density at radius 1 is 1.04 bits per heavy atom. The van der Waals surface area contributed by atoms with Crippen LogP contribution < -0.4 is 5.56 Å². The summed E-state index contributed by atoms with van der Waals surface area (Å²) in [6, 6.07) is 0.305. The Balaban J connectivity index is 1.46. The summed E-state index contributed by atoms with van der Waals surface area (Å²) in [5, 5.41) is 0.804. The van der Waals surface area contributed by atoms with Crippen molar-refractivity contribution in [1.82, 2.24) is 14.9 Å². The molecular formula is C22H29N3O2S. The maximum Gasteiger partial charge on any atom is 0.259 e. The molecule has 0 aromatic carbocycles. The maximum absolute atomic E-state index is 13.1. The van der Waals surface area contributed by atoms with E-state index in [2.05, 4.69) is 9.88 Å². The van der Waals surface area contributed by atoms with Gasteiger partial charge in [-0.25, -0.2) is 4.98 Å². The number of aromatic nitrogens is 2. The predicted octanol–water partition coefficient (Wildman–Crippen LogP) is 4.32. The lowest BCUT2D eigenvalue weighted by molar-refractivity contribution is -0.142. The van der Waals surface area contributed by atoms with Gasteiger partial charge in [0.05, 0.1) is 11.9 Å². The smallest absolute Gasteiger partial charge is 0.259 e. The number of aromatic amines is 1. The lowest BCUT2D eigenvalue weighted by atomic mass is 9.83. The standard InChI is InChI=1S/C22H29N3O2S/c26-20-19-16-11-4-5-12-17(16)28-21(19)24-18(23-20)13-25(15-9-2-1-3-10-15)22(27)14-7-6-8-14/h14-15H,1-13H2,(H,23,24,26). The lowest BCUT2D eigenvalue weighted by Crippen LogP contribution is -2.46. The van der Waals surface area contributed by atoms with E-state index in [-0.39, 0.29) is 17.4 Å². The minimum Gasteiger partial charge on any atom is -0.332 e. The van der Waals surface area contributed by atoms with Crippen molar-refractivity contribution in [2.24, 2.45) is 5.92 Å². The highest BCUT2D eigenvalue weighted by atomic mass is 32.1. The molecule has 28 heavy (non-hydrogen) atoms. The first-order chi connectivity index (χ1) is 13.7. The maximum atomic E-state index is 13.1. The fourth-order valence-electron chi connectivity index (χ4n) is 5.11. The zero-order chi connectivity index (χ0) is 19.1. The zero-order valence-corrected chi connectivity index (χ0v) is 17.3. The van der Waals surface area contributed by atoms with Crippen molar-refractivity contribution in [2.75, 3.05) is 0 Å². The van der Waals surface area contributed by atoms with Crippen LogP contribution in [0.4, 0.5) is 0 Å². The number of hydrogen-bond donors (Lipinski definition) is 1. The number of nitrogens with one attached hydrogen (secondary N) is 1. The van der Waals surface area contributed by atoms with Gasteiger partial charge >= 0.3 is 0 Å². The molecule has 0 spiro atoms. The molecule has 3 aliphatic rings. The number of nitrogens with zero attached hydrogens (tertiary/aromatic N) is 2. The number of carbonyl (C=O) groups excluding carboxylic acids is 1. The average Bonchev–Trinajstić information content (AvgIpc) is 3.04. The third kappa shape index (κ3) is 3.30. The molecule has 2 saturated carbocycles. The largest absolute Gasteiger partial charge is 0.332 e. The van der Waals surface area contributed by atoms with Crippen molar-refractivity contribution in [2.45, 2.75) is 89.6 Å². The third-order valence-electron chi connectivity index (χ3n) is 6.95. The molecule has 2 aromatic rings. The Kier molecular flexibility index (Phi) is 4.99. The van der Waals surface area contributed by atoms with Crippen molar-refractivity contribution in [3.05, 3.63) is 26.6 Å². The van der Waals surface area contributed by atoms with Gasteiger partial charge in [-0.05, 0) is 56.9 Å². The second-order valence-corrected chi connectivity index (χ2v) is 9.87. The van der Waals surface area contributed by atoms with Gasteiger partial charge in [0, 0.05) is 16.8 Å². The molecule has 5 rings (SSSR count). The van der Waals surface area contributed by atoms with E-state index in [0.29, 0.717) is 18.4 Å². The second-order valence-electron chi connectivity index (χ2n) is 8.79. The summed E-state index contributed by atoms with van der Waals surface area (Å²) in [7, 11) is 0. The monoisotopic (exact) mass is 399 g/mol. The number of rotatable bonds is 4. The first-order valence-electron chi connectivity index (χ1n) is 11.0. The summed E-state index contributed by atoms with van der Waals surface area (Å²) in [6.45, 7) is 0.452. The van der Waals surface area contributed by atoms with Gasteiger partial charge in [0.2, 0.25) is 5.91 Å². The van der Waals surface area contributed by atoms with E-state index in [1.807, 2.05) is 0 Å². The molecule has 2 heterocycles. The molecule has 0 aliphatic heterocycles. The molecule has 1 amide bonds. The van der Waals surface area contributed by atoms with Crippen molar-refractivity contribution in [3.63, 3.8) is 0 Å². The first kappa shape index (κ1) is 18.3. The summed E-state index contributed by atoms with van der Waals surface area (Å²) in [5.74, 6) is 1.13. The van der Waals surface area contributed by atoms with Crippen LogP contribution in [0.15, 0.2) is 4.79 Å². The van der Waals surface area contributed by atoms with E-state index < -0.39 is 0 Å². The Hall–Kier alpha value is -1.69. The number of carbonyl (C=O) groups is 1. The fraction of sp³-hybridized carbons (Fsp3) is 0.682. The highest BCUT2D eigenvalue weighted by Gasteiger charge is 2.34. The molecule has 150 valence electrons. The van der Waals surface area contributed by atoms with E-state index in [1.54, 1.807) is 11.3 Å². The molecule has 0 bridgehead atoms. The van der Waals surface area contributed by atoms with Gasteiger partial charge in [0.15, 0.2) is 0 Å². The molecule has 2 aromatic heterocycles. The van der Waals surface area contributed by atoms with E-state index >= 15 is 0 Å². The number of hydrogen-bond acceptors (Lipinski definition) is 4. The molecule has 0 unspecified atom stereocenters. The van der Waals surface area contributed by atoms with Crippen molar-refractivity contribution < 1.29 is 4.79 Å². The van der Waals surface area contributed by atoms with Crippen LogP contribution >= 0.6 is 11.3 Å². The van der Waals surface area contributed by atoms with Crippen LogP contribution in [0.2, 0.25) is 0 Å². The predicted molar refractivity (Wildman–Crippen MR) is 112 cm³/mol. The van der Waals surface area contributed by atoms with Crippen LogP contribution in [0.3, 0.4) is 0 Å². The highest BCUT2D eigenvalue weighted by molar-refractivity contribution is 7.18. The van der Waals surface area contributed by atoms with E-state index in [1.165, 1.54) is 36.1 Å². The topological polar surface area (TPSA) is 66.1 Å². The van der Waals surface area contributed by atoms with Gasteiger partial charge < -0.3 is 9.88 Å². The molecule has 2 fully saturated rings. The first-order valence-corrected chi connectivity index (χ1v) is 11.9. The summed E-state index contributed by atoms with van der Waals surface area (Å²) < 4.78 is 0. The number of H-pyrrole nitrogens is 1. The minimum absolute atomic E-state index is 0.0147. The van der Waals surface area contributed by atoms with Crippen LogP contribution in [-0.2, 0) is 24.2 Å². The second kappa shape index (κ2) is 7.62. The molecule has 0 atom stereocenters. The van der Waals surface area contributed by atoms with Crippen LogP contribution in [0.5, 0.6) is 0 Å². The Morgan fingerprint density at radius 3 is 2.57 bits per heavy atom. The number of aryl methyl sites for hydroxylation is 2. The molecule has 0 radical (unpaired) electrons. The van der Waals surface area contributed by atoms with Gasteiger partial charge in [0.1, 0.15) is 10.7 Å². The van der Waals surface area contributed by atoms with Gasteiger partial charge in [-0.1, -0.05) is 25.7 Å². The Morgan fingerprint density at radius 2 is 1.82 bits per heavy atom. The number of fused-ring (bicyclic) bond motifs is 3. The molecule has 3 aliphatic carbocycles. The molecule has 6 heteroatoms. The molecule has 0 saturated heterocycles. The average molecular weight is 400 g/mol. The lowest BCUT2D eigenvalue weighted by Gasteiger charge is -2.38. The summed E-state index contributed by atoms with van der Waals surface area (Å²) in [6.07, 6.45) is 13.4. The molecule has 1 N–H and O–H groups in total. The summed E-state index contributed by atoms with van der Waals surface area (Å²) in [5.41, 5.74) is 1.21. The zero-order valence-electron chi connectivity index (χ0n) is 16.5. The highest BCUT2D eigenvalue weighted by Crippen LogP contribution is 2.35. The Bertz CT molecular complexity index is 937. The summed E-state index contributed by atoms with van der Waals surface area (Å²) in [4.78, 5) is 38.1. The van der Waals surface area contributed by atoms with Crippen molar-refractivity contribution >= 4 is 27.5 Å².